The van der Waals surface area contributed by atoms with Crippen LogP contribution in [0.1, 0.15) is 19.8 Å². The minimum Gasteiger partial charge on any atom is -0.360 e. The van der Waals surface area contributed by atoms with Crippen molar-refractivity contribution in [2.45, 2.75) is 30.2 Å². The number of benzene rings is 2. The molecule has 1 aliphatic heterocycles. The van der Waals surface area contributed by atoms with Gasteiger partial charge in [0.25, 0.3) is 0 Å². The normalized spacial score (nSPS) is 15.0. The lowest BCUT2D eigenvalue weighted by atomic mass is 10.1. The van der Waals surface area contributed by atoms with E-state index in [1.165, 1.54) is 11.8 Å². The van der Waals surface area contributed by atoms with Gasteiger partial charge in [-0.1, -0.05) is 41.6 Å². The number of nitrogens with zero attached hydrogens (tertiary/aromatic N) is 4. The zero-order valence-electron chi connectivity index (χ0n) is 17.1. The van der Waals surface area contributed by atoms with E-state index in [4.69, 9.17) is 11.6 Å². The molecule has 1 N–H and O–H groups in total. The number of para-hydroxylation sites is 1. The fourth-order valence-corrected chi connectivity index (χ4v) is 5.08. The van der Waals surface area contributed by atoms with Crippen LogP contribution in [0.4, 0.5) is 0 Å². The van der Waals surface area contributed by atoms with Crippen molar-refractivity contribution in [2.24, 2.45) is 0 Å². The molecule has 1 atom stereocenters. The maximum Gasteiger partial charge on any atom is 0.235 e. The summed E-state index contributed by atoms with van der Waals surface area (Å²) < 4.78 is 2.00. The van der Waals surface area contributed by atoms with Gasteiger partial charge in [0.2, 0.25) is 5.91 Å². The van der Waals surface area contributed by atoms with E-state index in [0.29, 0.717) is 10.2 Å². The molecule has 1 aliphatic rings. The van der Waals surface area contributed by atoms with Gasteiger partial charge in [-0.15, -0.1) is 10.2 Å². The zero-order chi connectivity index (χ0) is 21.4. The Balaban J connectivity index is 1.57. The number of thioether (sulfide) groups is 1. The summed E-state index contributed by atoms with van der Waals surface area (Å²) in [4.78, 5) is 18.1. The van der Waals surface area contributed by atoms with Gasteiger partial charge in [0, 0.05) is 46.5 Å². The lowest BCUT2D eigenvalue weighted by Gasteiger charge is -2.20. The van der Waals surface area contributed by atoms with Crippen LogP contribution in [-0.4, -0.2) is 48.9 Å². The summed E-state index contributed by atoms with van der Waals surface area (Å²) in [5, 5.41) is 11.2. The van der Waals surface area contributed by atoms with Gasteiger partial charge in [-0.3, -0.25) is 9.36 Å². The Bertz CT molecular complexity index is 1230. The van der Waals surface area contributed by atoms with Crippen molar-refractivity contribution in [1.29, 1.82) is 0 Å². The lowest BCUT2D eigenvalue weighted by Crippen LogP contribution is -2.34. The molecule has 8 heteroatoms. The van der Waals surface area contributed by atoms with Gasteiger partial charge in [0.15, 0.2) is 11.0 Å². The molecule has 6 nitrogen and oxygen atoms in total. The van der Waals surface area contributed by atoms with E-state index >= 15 is 0 Å². The van der Waals surface area contributed by atoms with Crippen molar-refractivity contribution in [1.82, 2.24) is 24.6 Å². The number of hydrogen-bond acceptors (Lipinski definition) is 4. The van der Waals surface area contributed by atoms with Gasteiger partial charge in [-0.2, -0.15) is 0 Å². The summed E-state index contributed by atoms with van der Waals surface area (Å²) in [6, 6.07) is 15.7. The molecule has 0 unspecified atom stereocenters. The molecule has 0 aliphatic carbocycles. The van der Waals surface area contributed by atoms with Crippen LogP contribution in [0.15, 0.2) is 59.9 Å². The van der Waals surface area contributed by atoms with Gasteiger partial charge in [0.05, 0.1) is 5.25 Å². The molecule has 0 saturated carbocycles. The van der Waals surface area contributed by atoms with Crippen LogP contribution in [0.5, 0.6) is 0 Å². The number of carbonyl (C=O) groups is 1. The van der Waals surface area contributed by atoms with Crippen LogP contribution in [0.25, 0.3) is 28.0 Å². The third kappa shape index (κ3) is 3.83. The Hall–Kier alpha value is -2.77. The van der Waals surface area contributed by atoms with Gasteiger partial charge >= 0.3 is 0 Å². The van der Waals surface area contributed by atoms with Crippen LogP contribution in [0.2, 0.25) is 5.02 Å². The Labute approximate surface area is 189 Å². The molecule has 0 bridgehead atoms. The highest BCUT2D eigenvalue weighted by Gasteiger charge is 2.27. The third-order valence-corrected chi connectivity index (χ3v) is 6.88. The quantitative estimate of drug-likeness (QED) is 0.425. The second-order valence-electron chi connectivity index (χ2n) is 7.66. The van der Waals surface area contributed by atoms with E-state index in [9.17, 15) is 4.79 Å². The first-order chi connectivity index (χ1) is 15.1. The van der Waals surface area contributed by atoms with Crippen LogP contribution < -0.4 is 0 Å². The molecule has 5 rings (SSSR count). The number of carbonyl (C=O) groups excluding carboxylic acids is 1. The van der Waals surface area contributed by atoms with Crippen LogP contribution >= 0.6 is 23.4 Å². The minimum absolute atomic E-state index is 0.154. The number of nitrogens with one attached hydrogen (secondary N) is 1. The van der Waals surface area contributed by atoms with Crippen molar-refractivity contribution in [2.75, 3.05) is 13.1 Å². The Kier molecular flexibility index (Phi) is 5.46. The molecule has 0 spiro atoms. The first kappa shape index (κ1) is 20.2. The van der Waals surface area contributed by atoms with Crippen LogP contribution in [0, 0.1) is 0 Å². The highest BCUT2D eigenvalue weighted by Crippen LogP contribution is 2.34. The molecule has 2 aromatic carbocycles. The fraction of sp³-hybridized carbons (Fsp3) is 0.261. The summed E-state index contributed by atoms with van der Waals surface area (Å²) in [5.74, 6) is 0.880. The SMILES string of the molecule is C[C@H](Sc1nnc(-c2c[nH]c3ccccc23)n1-c1ccc(Cl)cc1)C(=O)N1CCCC1. The Morgan fingerprint density at radius 3 is 2.61 bits per heavy atom. The lowest BCUT2D eigenvalue weighted by molar-refractivity contribution is -0.129. The average Bonchev–Trinajstić information content (AvgIpc) is 3.53. The van der Waals surface area contributed by atoms with Gasteiger partial charge in [0.1, 0.15) is 0 Å². The van der Waals surface area contributed by atoms with E-state index in [2.05, 4.69) is 21.2 Å². The van der Waals surface area contributed by atoms with Crippen LogP contribution in [0.3, 0.4) is 0 Å². The number of amides is 1. The summed E-state index contributed by atoms with van der Waals surface area (Å²) in [5.41, 5.74) is 2.90. The number of aromatic nitrogens is 4. The molecule has 1 saturated heterocycles. The predicted octanol–water partition coefficient (Wildman–Crippen LogP) is 5.17. The molecule has 31 heavy (non-hydrogen) atoms. The van der Waals surface area contributed by atoms with E-state index in [0.717, 1.165) is 53.9 Å². The largest absolute Gasteiger partial charge is 0.360 e. The van der Waals surface area contributed by atoms with Crippen molar-refractivity contribution in [3.63, 3.8) is 0 Å². The average molecular weight is 452 g/mol. The number of fused-ring (bicyclic) bond motifs is 1. The molecule has 1 fully saturated rings. The van der Waals surface area contributed by atoms with E-state index in [1.807, 2.05) is 65.1 Å². The second kappa shape index (κ2) is 8.40. The topological polar surface area (TPSA) is 66.8 Å². The van der Waals surface area contributed by atoms with Gasteiger partial charge in [-0.25, -0.2) is 0 Å². The first-order valence-corrected chi connectivity index (χ1v) is 11.6. The van der Waals surface area contributed by atoms with Crippen molar-refractivity contribution in [3.8, 4) is 17.1 Å². The Morgan fingerprint density at radius 1 is 1.10 bits per heavy atom. The van der Waals surface area contributed by atoms with E-state index < -0.39 is 0 Å². The molecule has 3 heterocycles. The number of hydrogen-bond donors (Lipinski definition) is 1. The fourth-order valence-electron chi connectivity index (χ4n) is 4.00. The third-order valence-electron chi connectivity index (χ3n) is 5.60. The zero-order valence-corrected chi connectivity index (χ0v) is 18.7. The molecular formula is C23H22ClN5OS. The Morgan fingerprint density at radius 2 is 1.84 bits per heavy atom. The monoisotopic (exact) mass is 451 g/mol. The first-order valence-electron chi connectivity index (χ1n) is 10.3. The summed E-state index contributed by atoms with van der Waals surface area (Å²) in [6.45, 7) is 3.62. The smallest absolute Gasteiger partial charge is 0.235 e. The van der Waals surface area contributed by atoms with Crippen molar-refractivity contribution >= 4 is 40.2 Å². The van der Waals surface area contributed by atoms with Gasteiger partial charge < -0.3 is 9.88 Å². The van der Waals surface area contributed by atoms with E-state index in [1.54, 1.807) is 0 Å². The maximum absolute atomic E-state index is 12.9. The molecule has 2 aromatic heterocycles. The number of aromatic amines is 1. The van der Waals surface area contributed by atoms with E-state index in [-0.39, 0.29) is 11.2 Å². The van der Waals surface area contributed by atoms with Crippen molar-refractivity contribution < 1.29 is 4.79 Å². The van der Waals surface area contributed by atoms with Crippen molar-refractivity contribution in [3.05, 3.63) is 59.8 Å². The number of halogens is 1. The summed E-state index contributed by atoms with van der Waals surface area (Å²) in [6.07, 6.45) is 4.11. The molecule has 158 valence electrons. The maximum atomic E-state index is 12.9. The summed E-state index contributed by atoms with van der Waals surface area (Å²) in [7, 11) is 0. The second-order valence-corrected chi connectivity index (χ2v) is 9.40. The highest BCUT2D eigenvalue weighted by molar-refractivity contribution is 8.00. The highest BCUT2D eigenvalue weighted by atomic mass is 35.5. The number of H-pyrrole nitrogens is 1. The minimum atomic E-state index is -0.246. The predicted molar refractivity (Wildman–Crippen MR) is 125 cm³/mol. The summed E-state index contributed by atoms with van der Waals surface area (Å²) >= 11 is 7.57. The molecule has 0 radical (unpaired) electrons. The standard InChI is InChI=1S/C23H22ClN5OS/c1-15(22(30)28-12-4-5-13-28)31-23-27-26-21(29(23)17-10-8-16(24)9-11-17)19-14-25-20-7-3-2-6-18(19)20/h2-3,6-11,14-15,25H,4-5,12-13H2,1H3/t15-/m0/s1. The van der Waals surface area contributed by atoms with Crippen LogP contribution in [-0.2, 0) is 4.79 Å². The molecule has 1 amide bonds. The number of rotatable bonds is 5. The van der Waals surface area contributed by atoms with Gasteiger partial charge in [-0.05, 0) is 50.1 Å². The molecule has 4 aromatic rings. The number of likely N-dealkylation sites (tertiary alicyclic amines) is 1. The molecular weight excluding hydrogens is 430 g/mol.